The maximum Gasteiger partial charge on any atom is 0.293 e. The average molecular weight is 268 g/mol. The van der Waals surface area contributed by atoms with Gasteiger partial charge in [0.1, 0.15) is 0 Å². The van der Waals surface area contributed by atoms with Crippen LogP contribution in [0.15, 0.2) is 41.5 Å². The summed E-state index contributed by atoms with van der Waals surface area (Å²) in [6.45, 7) is 2.70. The van der Waals surface area contributed by atoms with Crippen molar-refractivity contribution in [2.24, 2.45) is 0 Å². The summed E-state index contributed by atoms with van der Waals surface area (Å²) in [4.78, 5) is 18.2. The highest BCUT2D eigenvalue weighted by Crippen LogP contribution is 2.18. The first-order valence-electron chi connectivity index (χ1n) is 6.46. The van der Waals surface area contributed by atoms with Gasteiger partial charge in [-0.25, -0.2) is 4.98 Å². The lowest BCUT2D eigenvalue weighted by molar-refractivity contribution is 0.648. The van der Waals surface area contributed by atoms with Crippen LogP contribution in [0.4, 0.5) is 11.5 Å². The van der Waals surface area contributed by atoms with Crippen LogP contribution in [0.25, 0.3) is 0 Å². The van der Waals surface area contributed by atoms with Gasteiger partial charge in [-0.05, 0) is 30.7 Å². The summed E-state index contributed by atoms with van der Waals surface area (Å²) < 4.78 is 1.66. The number of nitrogens with zero attached hydrogens (tertiary/aromatic N) is 4. The molecule has 5 nitrogen and oxygen atoms in total. The quantitative estimate of drug-likeness (QED) is 0.853. The van der Waals surface area contributed by atoms with E-state index in [0.717, 1.165) is 12.1 Å². The van der Waals surface area contributed by atoms with Crippen molar-refractivity contribution in [2.45, 2.75) is 19.9 Å². The summed E-state index contributed by atoms with van der Waals surface area (Å²) in [6, 6.07) is 9.12. The highest BCUT2D eigenvalue weighted by Gasteiger charge is 2.11. The maximum atomic E-state index is 12.3. The Morgan fingerprint density at radius 1 is 1.35 bits per heavy atom. The summed E-state index contributed by atoms with van der Waals surface area (Å²) in [5.74, 6) is 0.380. The third-order valence-electron chi connectivity index (χ3n) is 3.06. The van der Waals surface area contributed by atoms with Crippen LogP contribution >= 0.6 is 0 Å². The second-order valence-corrected chi connectivity index (χ2v) is 4.47. The lowest BCUT2D eigenvalue weighted by atomic mass is 10.2. The number of nitriles is 1. The number of aromatic nitrogens is 2. The Kier molecular flexibility index (Phi) is 4.16. The zero-order chi connectivity index (χ0) is 14.5. The number of aryl methyl sites for hydroxylation is 1. The van der Waals surface area contributed by atoms with Gasteiger partial charge in [-0.15, -0.1) is 0 Å². The molecule has 102 valence electrons. The van der Waals surface area contributed by atoms with Crippen LogP contribution in [0.5, 0.6) is 0 Å². The van der Waals surface area contributed by atoms with Gasteiger partial charge in [-0.1, -0.05) is 6.92 Å². The number of hydrogen-bond donors (Lipinski definition) is 0. The lowest BCUT2D eigenvalue weighted by Gasteiger charge is -2.18. The minimum absolute atomic E-state index is 0.110. The molecular weight excluding hydrogens is 252 g/mol. The number of hydrogen-bond acceptors (Lipinski definition) is 4. The van der Waals surface area contributed by atoms with Crippen molar-refractivity contribution >= 4 is 11.5 Å². The normalized spacial score (nSPS) is 10.1. The third kappa shape index (κ3) is 2.69. The molecule has 0 N–H and O–H groups in total. The first kappa shape index (κ1) is 13.8. The molecule has 0 aliphatic carbocycles. The van der Waals surface area contributed by atoms with Crippen LogP contribution in [0.1, 0.15) is 18.9 Å². The molecule has 0 amide bonds. The largest absolute Gasteiger partial charge is 0.325 e. The fourth-order valence-electron chi connectivity index (χ4n) is 1.96. The Labute approximate surface area is 117 Å². The van der Waals surface area contributed by atoms with E-state index < -0.39 is 0 Å². The first-order valence-corrected chi connectivity index (χ1v) is 6.46. The Bertz CT molecular complexity index is 682. The van der Waals surface area contributed by atoms with E-state index in [4.69, 9.17) is 5.26 Å². The molecule has 0 atom stereocenters. The molecule has 0 bridgehead atoms. The smallest absolute Gasteiger partial charge is 0.293 e. The monoisotopic (exact) mass is 268 g/mol. The van der Waals surface area contributed by atoms with E-state index in [1.807, 2.05) is 6.92 Å². The minimum atomic E-state index is -0.110. The predicted molar refractivity (Wildman–Crippen MR) is 78.0 cm³/mol. The lowest BCUT2D eigenvalue weighted by Crippen LogP contribution is -2.27. The molecule has 1 aromatic carbocycles. The topological polar surface area (TPSA) is 61.9 Å². The highest BCUT2D eigenvalue weighted by molar-refractivity contribution is 5.59. The van der Waals surface area contributed by atoms with E-state index in [-0.39, 0.29) is 5.56 Å². The molecular formula is C15H16N4O. The van der Waals surface area contributed by atoms with Crippen LogP contribution in [-0.2, 0) is 6.54 Å². The van der Waals surface area contributed by atoms with Crippen molar-refractivity contribution in [1.29, 1.82) is 5.26 Å². The van der Waals surface area contributed by atoms with Gasteiger partial charge in [-0.3, -0.25) is 4.79 Å². The zero-order valence-corrected chi connectivity index (χ0v) is 11.6. The Morgan fingerprint density at radius 3 is 2.65 bits per heavy atom. The number of anilines is 2. The predicted octanol–water partition coefficient (Wildman–Crippen LogP) is 2.29. The van der Waals surface area contributed by atoms with Gasteiger partial charge >= 0.3 is 0 Å². The van der Waals surface area contributed by atoms with Crippen molar-refractivity contribution in [1.82, 2.24) is 9.55 Å². The first-order chi connectivity index (χ1) is 9.67. The Hall–Kier alpha value is -2.61. The molecule has 1 aromatic heterocycles. The molecule has 1 heterocycles. The van der Waals surface area contributed by atoms with Crippen molar-refractivity contribution in [2.75, 3.05) is 11.9 Å². The molecule has 5 heteroatoms. The second-order valence-electron chi connectivity index (χ2n) is 4.47. The molecule has 2 rings (SSSR count). The van der Waals surface area contributed by atoms with E-state index in [9.17, 15) is 4.79 Å². The molecule has 0 aliphatic heterocycles. The summed E-state index contributed by atoms with van der Waals surface area (Å²) >= 11 is 0. The molecule has 2 aromatic rings. The van der Waals surface area contributed by atoms with E-state index in [0.29, 0.717) is 17.9 Å². The van der Waals surface area contributed by atoms with Crippen LogP contribution in [0.2, 0.25) is 0 Å². The van der Waals surface area contributed by atoms with Gasteiger partial charge in [0.25, 0.3) is 5.56 Å². The summed E-state index contributed by atoms with van der Waals surface area (Å²) in [6.07, 6.45) is 4.22. The second kappa shape index (κ2) is 6.02. The van der Waals surface area contributed by atoms with Gasteiger partial charge in [0, 0.05) is 31.7 Å². The average Bonchev–Trinajstić information content (AvgIpc) is 2.49. The van der Waals surface area contributed by atoms with E-state index in [1.54, 1.807) is 53.2 Å². The molecule has 20 heavy (non-hydrogen) atoms. The van der Waals surface area contributed by atoms with Crippen molar-refractivity contribution in [3.63, 3.8) is 0 Å². The molecule has 0 radical (unpaired) electrons. The molecule has 0 fully saturated rings. The minimum Gasteiger partial charge on any atom is -0.325 e. The van der Waals surface area contributed by atoms with E-state index >= 15 is 0 Å². The molecule has 0 aliphatic rings. The number of rotatable bonds is 4. The van der Waals surface area contributed by atoms with Gasteiger partial charge in [-0.2, -0.15) is 5.26 Å². The molecule has 0 saturated heterocycles. The molecule has 0 spiro atoms. The van der Waals surface area contributed by atoms with Gasteiger partial charge in [0.15, 0.2) is 5.82 Å². The van der Waals surface area contributed by atoms with E-state index in [1.165, 1.54) is 0 Å². The summed E-state index contributed by atoms with van der Waals surface area (Å²) in [7, 11) is 1.79. The maximum absolute atomic E-state index is 12.3. The third-order valence-corrected chi connectivity index (χ3v) is 3.06. The molecule has 0 unspecified atom stereocenters. The Balaban J connectivity index is 2.37. The Morgan fingerprint density at radius 2 is 2.05 bits per heavy atom. The van der Waals surface area contributed by atoms with E-state index in [2.05, 4.69) is 11.1 Å². The standard InChI is InChI=1S/C15H16N4O/c1-3-9-19-10-8-17-14(15(19)20)18(2)13-6-4-12(11-16)5-7-13/h4-8,10H,3,9H2,1-2H3. The zero-order valence-electron chi connectivity index (χ0n) is 11.6. The van der Waals surface area contributed by atoms with Gasteiger partial charge in [0.05, 0.1) is 11.6 Å². The van der Waals surface area contributed by atoms with Crippen LogP contribution in [0.3, 0.4) is 0 Å². The van der Waals surface area contributed by atoms with Crippen molar-refractivity contribution in [3.05, 3.63) is 52.6 Å². The van der Waals surface area contributed by atoms with Crippen LogP contribution in [-0.4, -0.2) is 16.6 Å². The van der Waals surface area contributed by atoms with Crippen molar-refractivity contribution < 1.29 is 0 Å². The van der Waals surface area contributed by atoms with Gasteiger partial charge in [0.2, 0.25) is 0 Å². The highest BCUT2D eigenvalue weighted by atomic mass is 16.1. The number of benzene rings is 1. The SMILES string of the molecule is CCCn1ccnc(N(C)c2ccc(C#N)cc2)c1=O. The fourth-order valence-corrected chi connectivity index (χ4v) is 1.96. The van der Waals surface area contributed by atoms with Crippen molar-refractivity contribution in [3.8, 4) is 6.07 Å². The van der Waals surface area contributed by atoms with Crippen LogP contribution < -0.4 is 10.5 Å². The molecule has 0 saturated carbocycles. The summed E-state index contributed by atoms with van der Waals surface area (Å²) in [5.41, 5.74) is 1.30. The van der Waals surface area contributed by atoms with Gasteiger partial charge < -0.3 is 9.47 Å². The van der Waals surface area contributed by atoms with Crippen LogP contribution in [0, 0.1) is 11.3 Å². The fraction of sp³-hybridized carbons (Fsp3) is 0.267. The summed E-state index contributed by atoms with van der Waals surface area (Å²) in [5, 5.41) is 8.79.